The highest BCUT2D eigenvalue weighted by Gasteiger charge is 2.25. The van der Waals surface area contributed by atoms with Gasteiger partial charge in [0.25, 0.3) is 0 Å². The molecule has 1 heterocycles. The first-order chi connectivity index (χ1) is 11.7. The third-order valence-electron chi connectivity index (χ3n) is 4.66. The van der Waals surface area contributed by atoms with Crippen molar-refractivity contribution in [1.29, 1.82) is 5.26 Å². The van der Waals surface area contributed by atoms with Gasteiger partial charge >= 0.3 is 0 Å². The molecule has 1 fully saturated rings. The van der Waals surface area contributed by atoms with Gasteiger partial charge in [-0.25, -0.2) is 4.68 Å². The maximum absolute atomic E-state index is 12.3. The molecule has 0 radical (unpaired) electrons. The third kappa shape index (κ3) is 2.48. The van der Waals surface area contributed by atoms with Crippen molar-refractivity contribution in [3.05, 3.63) is 65.4 Å². The molecule has 0 N–H and O–H groups in total. The monoisotopic (exact) mass is 315 g/mol. The summed E-state index contributed by atoms with van der Waals surface area (Å²) in [4.78, 5) is 12.3. The van der Waals surface area contributed by atoms with Crippen molar-refractivity contribution in [3.8, 4) is 6.07 Å². The van der Waals surface area contributed by atoms with E-state index in [4.69, 9.17) is 5.26 Å². The van der Waals surface area contributed by atoms with E-state index in [0.717, 1.165) is 16.5 Å². The summed E-state index contributed by atoms with van der Waals surface area (Å²) in [6.07, 6.45) is 4.24. The minimum Gasteiger partial charge on any atom is -0.297 e. The summed E-state index contributed by atoms with van der Waals surface area (Å²) in [6, 6.07) is 15.4. The van der Waals surface area contributed by atoms with E-state index in [2.05, 4.69) is 23.3 Å². The van der Waals surface area contributed by atoms with E-state index in [1.165, 1.54) is 18.4 Å². The first kappa shape index (κ1) is 14.6. The Morgan fingerprint density at radius 1 is 1.25 bits per heavy atom. The average molecular weight is 315 g/mol. The molecule has 1 saturated carbocycles. The molecule has 0 spiro atoms. The number of carbonyl (C=O) groups is 1. The first-order valence-electron chi connectivity index (χ1n) is 8.15. The number of ketones is 1. The summed E-state index contributed by atoms with van der Waals surface area (Å²) in [6.45, 7) is 1.59. The van der Waals surface area contributed by atoms with Crippen molar-refractivity contribution < 1.29 is 4.79 Å². The average Bonchev–Trinajstić information content (AvgIpc) is 3.37. The minimum atomic E-state index is -0.441. The summed E-state index contributed by atoms with van der Waals surface area (Å²) in [7, 11) is 0. The van der Waals surface area contributed by atoms with E-state index >= 15 is 0 Å². The van der Waals surface area contributed by atoms with Crippen LogP contribution in [0.5, 0.6) is 0 Å². The number of carbonyl (C=O) groups excluding carboxylic acids is 1. The smallest absolute Gasteiger partial charge is 0.158 e. The highest BCUT2D eigenvalue weighted by atomic mass is 16.1. The van der Waals surface area contributed by atoms with Gasteiger partial charge in [0.2, 0.25) is 0 Å². The van der Waals surface area contributed by atoms with E-state index < -0.39 is 6.04 Å². The number of Topliss-reactive ketones (excluding diaryl/α,β-unsaturated/α-hetero) is 1. The molecule has 1 atom stereocenters. The zero-order valence-corrected chi connectivity index (χ0v) is 13.4. The summed E-state index contributed by atoms with van der Waals surface area (Å²) in [5, 5.41) is 14.3. The fourth-order valence-electron chi connectivity index (χ4n) is 3.24. The second-order valence-electron chi connectivity index (χ2n) is 6.43. The van der Waals surface area contributed by atoms with Gasteiger partial charge in [-0.05, 0) is 55.0 Å². The van der Waals surface area contributed by atoms with Crippen molar-refractivity contribution in [2.75, 3.05) is 0 Å². The molecule has 1 unspecified atom stereocenters. The van der Waals surface area contributed by atoms with E-state index in [-0.39, 0.29) is 5.78 Å². The molecule has 4 heteroatoms. The van der Waals surface area contributed by atoms with E-state index in [0.29, 0.717) is 11.5 Å². The molecule has 0 aliphatic heterocycles. The Labute approximate surface area is 140 Å². The molecular weight excluding hydrogens is 298 g/mol. The van der Waals surface area contributed by atoms with Crippen molar-refractivity contribution in [1.82, 2.24) is 9.78 Å². The lowest BCUT2D eigenvalue weighted by Crippen LogP contribution is -2.19. The van der Waals surface area contributed by atoms with Gasteiger partial charge in [-0.3, -0.25) is 4.79 Å². The van der Waals surface area contributed by atoms with E-state index in [1.54, 1.807) is 29.9 Å². The zero-order chi connectivity index (χ0) is 16.7. The number of benzene rings is 2. The molecule has 24 heavy (non-hydrogen) atoms. The summed E-state index contributed by atoms with van der Waals surface area (Å²) in [5.41, 5.74) is 3.75. The molecule has 0 bridgehead atoms. The Balaban J connectivity index is 1.78. The second kappa shape index (κ2) is 5.61. The topological polar surface area (TPSA) is 58.7 Å². The number of hydrogen-bond acceptors (Lipinski definition) is 3. The van der Waals surface area contributed by atoms with Gasteiger partial charge in [0.15, 0.2) is 5.78 Å². The molecule has 1 aromatic heterocycles. The molecule has 4 rings (SSSR count). The van der Waals surface area contributed by atoms with Crippen LogP contribution >= 0.6 is 0 Å². The van der Waals surface area contributed by atoms with Crippen LogP contribution in [0.2, 0.25) is 0 Å². The highest BCUT2D eigenvalue weighted by molar-refractivity contribution is 5.87. The quantitative estimate of drug-likeness (QED) is 0.732. The number of hydrogen-bond donors (Lipinski definition) is 0. The zero-order valence-electron chi connectivity index (χ0n) is 13.4. The lowest BCUT2D eigenvalue weighted by atomic mass is 10.0. The van der Waals surface area contributed by atoms with E-state index in [9.17, 15) is 4.79 Å². The number of fused-ring (bicyclic) bond motifs is 1. The molecule has 0 amide bonds. The van der Waals surface area contributed by atoms with Crippen LogP contribution in [0.1, 0.15) is 48.4 Å². The summed E-state index contributed by atoms with van der Waals surface area (Å²) >= 11 is 0. The van der Waals surface area contributed by atoms with Crippen LogP contribution in [-0.2, 0) is 4.79 Å². The predicted octanol–water partition coefficient (Wildman–Crippen LogP) is 3.96. The molecule has 118 valence electrons. The van der Waals surface area contributed by atoms with Crippen LogP contribution in [0.15, 0.2) is 48.7 Å². The minimum absolute atomic E-state index is 0.0449. The Morgan fingerprint density at radius 3 is 2.62 bits per heavy atom. The lowest BCUT2D eigenvalue weighted by Gasteiger charge is -2.17. The predicted molar refractivity (Wildman–Crippen MR) is 91.7 cm³/mol. The van der Waals surface area contributed by atoms with Crippen LogP contribution in [0.4, 0.5) is 0 Å². The summed E-state index contributed by atoms with van der Waals surface area (Å²) in [5.74, 6) is 0.744. The third-order valence-corrected chi connectivity index (χ3v) is 4.66. The van der Waals surface area contributed by atoms with Crippen LogP contribution in [0.3, 0.4) is 0 Å². The molecule has 2 aromatic carbocycles. The van der Waals surface area contributed by atoms with Gasteiger partial charge in [0.05, 0.1) is 23.3 Å². The molecular formula is C20H17N3O. The van der Waals surface area contributed by atoms with Gasteiger partial charge in [0, 0.05) is 5.39 Å². The van der Waals surface area contributed by atoms with Crippen molar-refractivity contribution in [2.45, 2.75) is 31.7 Å². The Bertz CT molecular complexity index is 959. The van der Waals surface area contributed by atoms with Gasteiger partial charge in [0.1, 0.15) is 6.04 Å². The van der Waals surface area contributed by atoms with Crippen molar-refractivity contribution in [3.63, 3.8) is 0 Å². The van der Waals surface area contributed by atoms with Gasteiger partial charge in [-0.15, -0.1) is 0 Å². The fraction of sp³-hybridized carbons (Fsp3) is 0.250. The van der Waals surface area contributed by atoms with Crippen LogP contribution < -0.4 is 0 Å². The fourth-order valence-corrected chi connectivity index (χ4v) is 3.24. The largest absolute Gasteiger partial charge is 0.297 e. The molecule has 1 aliphatic carbocycles. The van der Waals surface area contributed by atoms with Crippen molar-refractivity contribution in [2.24, 2.45) is 0 Å². The maximum Gasteiger partial charge on any atom is 0.158 e. The maximum atomic E-state index is 12.3. The summed E-state index contributed by atoms with van der Waals surface area (Å²) < 4.78 is 1.75. The number of rotatable bonds is 4. The van der Waals surface area contributed by atoms with Crippen molar-refractivity contribution >= 4 is 16.7 Å². The number of nitrogens with zero attached hydrogens (tertiary/aromatic N) is 3. The van der Waals surface area contributed by atoms with Crippen LogP contribution in [0.25, 0.3) is 10.9 Å². The molecule has 4 nitrogen and oxygen atoms in total. The lowest BCUT2D eigenvalue weighted by molar-refractivity contribution is -0.119. The normalized spacial score (nSPS) is 15.2. The Morgan fingerprint density at radius 2 is 2.00 bits per heavy atom. The molecule has 1 aliphatic rings. The van der Waals surface area contributed by atoms with E-state index in [1.807, 2.05) is 18.2 Å². The van der Waals surface area contributed by atoms with Gasteiger partial charge in [-0.1, -0.05) is 24.3 Å². The highest BCUT2D eigenvalue weighted by Crippen LogP contribution is 2.40. The Kier molecular flexibility index (Phi) is 3.42. The molecule has 0 saturated heterocycles. The van der Waals surface area contributed by atoms with Gasteiger partial charge in [-0.2, -0.15) is 10.4 Å². The van der Waals surface area contributed by atoms with Crippen LogP contribution in [-0.4, -0.2) is 15.6 Å². The Hall–Kier alpha value is -2.93. The first-order valence-corrected chi connectivity index (χ1v) is 8.15. The standard InChI is InChI=1S/C20H17N3O/c1-13(24)20(17-7-5-16(6-8-17)15-3-4-15)23-19-9-2-14(11-21)10-18(19)12-22-23/h2,5-10,12,15,20H,3-4H2,1H3. The SMILES string of the molecule is CC(=O)C(c1ccc(C2CC2)cc1)n1ncc2cc(C#N)ccc21. The molecule has 3 aromatic rings. The number of nitriles is 1. The van der Waals surface area contributed by atoms with Crippen LogP contribution in [0, 0.1) is 11.3 Å². The second-order valence-corrected chi connectivity index (χ2v) is 6.43. The number of aromatic nitrogens is 2. The van der Waals surface area contributed by atoms with Gasteiger partial charge < -0.3 is 0 Å².